The summed E-state index contributed by atoms with van der Waals surface area (Å²) in [6, 6.07) is 15.7. The van der Waals surface area contributed by atoms with E-state index in [1.54, 1.807) is 24.3 Å². The molecule has 0 aromatic heterocycles. The first kappa shape index (κ1) is 18.3. The van der Waals surface area contributed by atoms with Gasteiger partial charge in [-0.05, 0) is 23.6 Å². The van der Waals surface area contributed by atoms with Crippen molar-refractivity contribution in [3.05, 3.63) is 71.3 Å². The number of hydrogen-bond acceptors (Lipinski definition) is 4. The monoisotopic (exact) mass is 365 g/mol. The molecule has 1 heterocycles. The molecule has 7 nitrogen and oxygen atoms in total. The molecule has 2 aromatic carbocycles. The molecule has 7 heteroatoms. The quantitative estimate of drug-likeness (QED) is 0.622. The minimum Gasteiger partial charge on any atom is -0.350 e. The lowest BCUT2D eigenvalue weighted by Crippen LogP contribution is -2.41. The molecule has 1 N–H and O–H groups in total. The minimum atomic E-state index is -0.984. The highest BCUT2D eigenvalue weighted by Crippen LogP contribution is 2.15. The third-order valence-corrected chi connectivity index (χ3v) is 4.36. The van der Waals surface area contributed by atoms with Crippen LogP contribution in [0.2, 0.25) is 0 Å². The minimum absolute atomic E-state index is 0.00836. The highest BCUT2D eigenvalue weighted by molar-refractivity contribution is 6.44. The van der Waals surface area contributed by atoms with E-state index in [0.717, 1.165) is 21.6 Å². The number of imide groups is 2. The van der Waals surface area contributed by atoms with Crippen molar-refractivity contribution in [2.45, 2.75) is 20.0 Å². The molecule has 0 radical (unpaired) electrons. The van der Waals surface area contributed by atoms with Gasteiger partial charge in [0, 0.05) is 6.54 Å². The van der Waals surface area contributed by atoms with Crippen LogP contribution in [0.15, 0.2) is 54.6 Å². The summed E-state index contributed by atoms with van der Waals surface area (Å²) >= 11 is 0. The van der Waals surface area contributed by atoms with Crippen LogP contribution in [-0.2, 0) is 27.5 Å². The fourth-order valence-electron chi connectivity index (χ4n) is 2.80. The summed E-state index contributed by atoms with van der Waals surface area (Å²) in [5.41, 5.74) is 2.68. The fraction of sp³-hybridized carbons (Fsp3) is 0.200. The molecular formula is C20H19N3O4. The molecule has 27 heavy (non-hydrogen) atoms. The first-order chi connectivity index (χ1) is 13.0. The van der Waals surface area contributed by atoms with Crippen molar-refractivity contribution in [2.24, 2.45) is 0 Å². The van der Waals surface area contributed by atoms with Crippen LogP contribution >= 0.6 is 0 Å². The molecule has 1 saturated heterocycles. The molecule has 5 amide bonds. The number of urea groups is 1. The molecule has 1 aliphatic heterocycles. The Labute approximate surface area is 156 Å². The van der Waals surface area contributed by atoms with Gasteiger partial charge in [-0.3, -0.25) is 19.3 Å². The van der Waals surface area contributed by atoms with Crippen molar-refractivity contribution in [3.63, 3.8) is 0 Å². The average Bonchev–Trinajstić information content (AvgIpc) is 2.86. The smallest absolute Gasteiger partial charge is 0.335 e. The van der Waals surface area contributed by atoms with E-state index in [1.165, 1.54) is 0 Å². The van der Waals surface area contributed by atoms with E-state index < -0.39 is 30.3 Å². The number of benzene rings is 2. The Kier molecular flexibility index (Phi) is 5.30. The van der Waals surface area contributed by atoms with Gasteiger partial charge in [-0.1, -0.05) is 54.6 Å². The lowest BCUT2D eigenvalue weighted by Gasteiger charge is -2.15. The first-order valence-electron chi connectivity index (χ1n) is 8.50. The van der Waals surface area contributed by atoms with E-state index in [2.05, 4.69) is 5.32 Å². The average molecular weight is 365 g/mol. The zero-order valence-corrected chi connectivity index (χ0v) is 14.8. The van der Waals surface area contributed by atoms with Crippen molar-refractivity contribution in [1.82, 2.24) is 15.1 Å². The zero-order chi connectivity index (χ0) is 19.4. The Bertz CT molecular complexity index is 895. The Morgan fingerprint density at radius 3 is 2.22 bits per heavy atom. The second kappa shape index (κ2) is 7.82. The Balaban J connectivity index is 1.62. The number of carbonyl (C=O) groups is 4. The highest BCUT2D eigenvalue weighted by atomic mass is 16.2. The highest BCUT2D eigenvalue weighted by Gasteiger charge is 2.45. The van der Waals surface area contributed by atoms with Crippen molar-refractivity contribution in [2.75, 3.05) is 6.54 Å². The van der Waals surface area contributed by atoms with Gasteiger partial charge in [-0.15, -0.1) is 0 Å². The molecule has 1 aliphatic rings. The van der Waals surface area contributed by atoms with Crippen molar-refractivity contribution in [1.29, 1.82) is 0 Å². The van der Waals surface area contributed by atoms with E-state index >= 15 is 0 Å². The molecule has 0 atom stereocenters. The summed E-state index contributed by atoms with van der Waals surface area (Å²) in [5, 5.41) is 2.67. The molecule has 0 spiro atoms. The number of amides is 5. The number of nitrogens with zero attached hydrogens (tertiary/aromatic N) is 2. The van der Waals surface area contributed by atoms with Gasteiger partial charge in [0.25, 0.3) is 0 Å². The molecule has 0 saturated carbocycles. The van der Waals surface area contributed by atoms with Crippen molar-refractivity contribution in [3.8, 4) is 0 Å². The number of nitrogens with one attached hydrogen (secondary N) is 1. The molecule has 0 aliphatic carbocycles. The summed E-state index contributed by atoms with van der Waals surface area (Å²) in [4.78, 5) is 50.3. The molecular weight excluding hydrogens is 346 g/mol. The first-order valence-corrected chi connectivity index (χ1v) is 8.50. The Morgan fingerprint density at radius 2 is 1.52 bits per heavy atom. The van der Waals surface area contributed by atoms with E-state index in [9.17, 15) is 19.2 Å². The summed E-state index contributed by atoms with van der Waals surface area (Å²) in [6.45, 7) is 1.71. The van der Waals surface area contributed by atoms with Gasteiger partial charge in [0.1, 0.15) is 6.54 Å². The van der Waals surface area contributed by atoms with Gasteiger partial charge in [0.05, 0.1) is 6.54 Å². The molecule has 1 fully saturated rings. The third-order valence-electron chi connectivity index (χ3n) is 4.36. The normalized spacial score (nSPS) is 14.0. The van der Waals surface area contributed by atoms with Crippen LogP contribution in [0.1, 0.15) is 16.7 Å². The number of aryl methyl sites for hydroxylation is 1. The maximum Gasteiger partial charge on any atom is 0.335 e. The molecule has 138 valence electrons. The van der Waals surface area contributed by atoms with Crippen LogP contribution in [0, 0.1) is 6.92 Å². The molecule has 2 aromatic rings. The lowest BCUT2D eigenvalue weighted by molar-refractivity contribution is -0.144. The number of carbonyl (C=O) groups excluding carboxylic acids is 4. The van der Waals surface area contributed by atoms with E-state index in [4.69, 9.17) is 0 Å². The Hall–Kier alpha value is -3.48. The van der Waals surface area contributed by atoms with Crippen LogP contribution in [0.3, 0.4) is 0 Å². The maximum absolute atomic E-state index is 12.4. The summed E-state index contributed by atoms with van der Waals surface area (Å²) in [5.74, 6) is -2.41. The van der Waals surface area contributed by atoms with Gasteiger partial charge >= 0.3 is 17.8 Å². The van der Waals surface area contributed by atoms with Gasteiger partial charge in [-0.25, -0.2) is 9.69 Å². The summed E-state index contributed by atoms with van der Waals surface area (Å²) in [6.07, 6.45) is 0. The van der Waals surface area contributed by atoms with Crippen LogP contribution in [0.25, 0.3) is 0 Å². The topological polar surface area (TPSA) is 86.8 Å². The van der Waals surface area contributed by atoms with Crippen molar-refractivity contribution < 1.29 is 19.2 Å². The van der Waals surface area contributed by atoms with E-state index in [1.807, 2.05) is 37.3 Å². The predicted molar refractivity (Wildman–Crippen MR) is 97.1 cm³/mol. The molecule has 3 rings (SSSR count). The standard InChI is InChI=1S/C20H19N3O4/c1-14-7-5-6-10-16(14)11-21-17(24)13-23-19(26)18(25)22(20(23)27)12-15-8-3-2-4-9-15/h2-10H,11-13H2,1H3,(H,21,24). The Morgan fingerprint density at radius 1 is 0.889 bits per heavy atom. The van der Waals surface area contributed by atoms with E-state index in [-0.39, 0.29) is 13.1 Å². The maximum atomic E-state index is 12.4. The third kappa shape index (κ3) is 4.03. The van der Waals surface area contributed by atoms with Crippen LogP contribution in [0.5, 0.6) is 0 Å². The molecule has 0 unspecified atom stereocenters. The van der Waals surface area contributed by atoms with Crippen LogP contribution < -0.4 is 5.32 Å². The van der Waals surface area contributed by atoms with Crippen LogP contribution in [0.4, 0.5) is 4.79 Å². The number of rotatable bonds is 6. The predicted octanol–water partition coefficient (Wildman–Crippen LogP) is 1.60. The van der Waals surface area contributed by atoms with E-state index in [0.29, 0.717) is 4.90 Å². The number of hydrogen-bond donors (Lipinski definition) is 1. The lowest BCUT2D eigenvalue weighted by atomic mass is 10.1. The summed E-state index contributed by atoms with van der Waals surface area (Å²) in [7, 11) is 0. The second-order valence-corrected chi connectivity index (χ2v) is 6.25. The zero-order valence-electron chi connectivity index (χ0n) is 14.8. The largest absolute Gasteiger partial charge is 0.350 e. The SMILES string of the molecule is Cc1ccccc1CNC(=O)CN1C(=O)C(=O)N(Cc2ccccc2)C1=O. The van der Waals surface area contributed by atoms with Gasteiger partial charge in [0.15, 0.2) is 0 Å². The van der Waals surface area contributed by atoms with Gasteiger partial charge < -0.3 is 5.32 Å². The second-order valence-electron chi connectivity index (χ2n) is 6.25. The fourth-order valence-corrected chi connectivity index (χ4v) is 2.80. The van der Waals surface area contributed by atoms with Gasteiger partial charge in [-0.2, -0.15) is 0 Å². The summed E-state index contributed by atoms with van der Waals surface area (Å²) < 4.78 is 0. The van der Waals surface area contributed by atoms with Crippen molar-refractivity contribution >= 4 is 23.8 Å². The van der Waals surface area contributed by atoms with Crippen LogP contribution in [-0.4, -0.2) is 40.1 Å². The molecule has 0 bridgehead atoms. The van der Waals surface area contributed by atoms with Gasteiger partial charge in [0.2, 0.25) is 5.91 Å².